The number of nitrogens with zero attached hydrogens (tertiary/aromatic N) is 2. The smallest absolute Gasteiger partial charge is 0.405 e. The average molecular weight is 1170 g/mol. The van der Waals surface area contributed by atoms with Gasteiger partial charge in [-0.15, -0.1) is 0 Å². The summed E-state index contributed by atoms with van der Waals surface area (Å²) in [5.41, 5.74) is 13.2. The molecular formula is C71H76B3BrN2O6. The van der Waals surface area contributed by atoms with Gasteiger partial charge in [-0.25, -0.2) is 0 Å². The van der Waals surface area contributed by atoms with Gasteiger partial charge in [0, 0.05) is 50.1 Å². The van der Waals surface area contributed by atoms with Crippen LogP contribution in [-0.4, -0.2) is 63.9 Å². The summed E-state index contributed by atoms with van der Waals surface area (Å²) in [6, 6.07) is 72.7. The van der Waals surface area contributed by atoms with E-state index in [1.807, 2.05) is 55.4 Å². The van der Waals surface area contributed by atoms with Crippen LogP contribution in [0.15, 0.2) is 223 Å². The lowest BCUT2D eigenvalue weighted by atomic mass is 9.49. The minimum absolute atomic E-state index is 0. The molecule has 8 nitrogen and oxygen atoms in total. The standard InChI is InChI=1S/C32H30BNO2.C26H18BrN.C12H24B2O4.CH4/c1-31(2)32(3,4)36-33(35-31)26-15-11-14-25(20-26)29-22-34(27-16-9-6-10-17-27)30-19-18-24(21-28(29)30)23-12-7-5-8-13-23;27-22-11-7-10-21(16-22)25-18-28(23-12-5-2-6-13-23)26-15-14-20(17-24(25)26)19-8-3-1-4-9-19;1-9(2)10(3,4)16-13(15-9)14-17-11(5,6)12(7,8)18-14;/h5-22H,1-4H3;1-18H;1-8H3;1H4. The highest BCUT2D eigenvalue weighted by atomic mass is 79.9. The Hall–Kier alpha value is -6.73. The second-order valence-electron chi connectivity index (χ2n) is 24.7. The van der Waals surface area contributed by atoms with Crippen LogP contribution < -0.4 is 5.46 Å². The van der Waals surface area contributed by atoms with Gasteiger partial charge in [0.1, 0.15) is 0 Å². The predicted octanol–water partition coefficient (Wildman–Crippen LogP) is 17.9. The Kier molecular flexibility index (Phi) is 16.5. The van der Waals surface area contributed by atoms with Crippen LogP contribution in [0.5, 0.6) is 0 Å². The van der Waals surface area contributed by atoms with E-state index >= 15 is 0 Å². The maximum Gasteiger partial charge on any atom is 0.494 e. The van der Waals surface area contributed by atoms with Crippen molar-refractivity contribution in [2.45, 2.75) is 124 Å². The lowest BCUT2D eigenvalue weighted by molar-refractivity contribution is 0.00578. The molecule has 0 amide bonds. The van der Waals surface area contributed by atoms with Gasteiger partial charge in [0.25, 0.3) is 0 Å². The van der Waals surface area contributed by atoms with Gasteiger partial charge in [-0.05, 0) is 183 Å². The van der Waals surface area contributed by atoms with E-state index in [1.165, 1.54) is 66.4 Å². The number of benzene rings is 8. The van der Waals surface area contributed by atoms with E-state index in [4.69, 9.17) is 27.9 Å². The molecule has 0 atom stereocenters. The molecule has 2 aromatic heterocycles. The molecule has 3 aliphatic rings. The molecule has 3 saturated heterocycles. The van der Waals surface area contributed by atoms with Gasteiger partial charge in [0.05, 0.1) is 44.6 Å². The van der Waals surface area contributed by atoms with Crippen LogP contribution in [0, 0.1) is 0 Å². The van der Waals surface area contributed by atoms with E-state index in [2.05, 4.69) is 271 Å². The summed E-state index contributed by atoms with van der Waals surface area (Å²) in [6.45, 7) is 24.6. The molecular weight excluding hydrogens is 1090 g/mol. The number of halogens is 1. The molecule has 8 aromatic carbocycles. The van der Waals surface area contributed by atoms with Crippen molar-refractivity contribution >= 4 is 64.3 Å². The largest absolute Gasteiger partial charge is 0.494 e. The van der Waals surface area contributed by atoms with Crippen LogP contribution >= 0.6 is 15.9 Å². The Morgan fingerprint density at radius 2 is 0.663 bits per heavy atom. The summed E-state index contributed by atoms with van der Waals surface area (Å²) in [6.07, 6.45) is 4.49. The van der Waals surface area contributed by atoms with Crippen molar-refractivity contribution in [2.24, 2.45) is 0 Å². The van der Waals surface area contributed by atoms with Crippen LogP contribution in [0.2, 0.25) is 0 Å². The minimum Gasteiger partial charge on any atom is -0.405 e. The topological polar surface area (TPSA) is 65.2 Å². The van der Waals surface area contributed by atoms with E-state index in [1.54, 1.807) is 0 Å². The first kappa shape index (κ1) is 59.4. The fourth-order valence-electron chi connectivity index (χ4n) is 10.6. The van der Waals surface area contributed by atoms with Crippen LogP contribution in [-0.2, 0) is 27.9 Å². The molecule has 0 saturated carbocycles. The van der Waals surface area contributed by atoms with Crippen molar-refractivity contribution in [2.75, 3.05) is 0 Å². The second kappa shape index (κ2) is 23.0. The number of para-hydroxylation sites is 2. The molecule has 0 N–H and O–H groups in total. The maximum absolute atomic E-state index is 6.35. The minimum atomic E-state index is -0.476. The third-order valence-corrected chi connectivity index (χ3v) is 18.0. The third kappa shape index (κ3) is 11.9. The Bertz CT molecular complexity index is 3800. The van der Waals surface area contributed by atoms with Crippen LogP contribution in [0.25, 0.3) is 77.7 Å². The summed E-state index contributed by atoms with van der Waals surface area (Å²) < 4.78 is 42.2. The Labute approximate surface area is 501 Å². The number of fused-ring (bicyclic) bond motifs is 2. The lowest BCUT2D eigenvalue weighted by Crippen LogP contribution is -2.41. The number of hydrogen-bond donors (Lipinski definition) is 0. The molecule has 0 spiro atoms. The molecule has 5 heterocycles. The average Bonchev–Trinajstić information content (AvgIpc) is 4.42. The molecule has 83 heavy (non-hydrogen) atoms. The molecule has 422 valence electrons. The molecule has 10 aromatic rings. The Morgan fingerprint density at radius 3 is 1.05 bits per heavy atom. The van der Waals surface area contributed by atoms with E-state index in [-0.39, 0.29) is 41.0 Å². The van der Waals surface area contributed by atoms with Gasteiger partial charge in [-0.3, -0.25) is 0 Å². The summed E-state index contributed by atoms with van der Waals surface area (Å²) in [5, 5.41) is 2.47. The highest BCUT2D eigenvalue weighted by Gasteiger charge is 2.63. The monoisotopic (exact) mass is 1160 g/mol. The SMILES string of the molecule is Brc1cccc(-c2cn(-c3ccccc3)c3ccc(-c4ccccc4)cc23)c1.C.CC1(C)OB(B2OC(C)(C)C(C)(C)O2)OC1(C)C.CC1(C)OB(c2cccc(-c3cn(-c4ccccc4)c4ccc(-c5ccccc5)cc34)c2)OC1(C)C. The summed E-state index contributed by atoms with van der Waals surface area (Å²) in [7, 11) is -1.34. The van der Waals surface area contributed by atoms with Crippen molar-refractivity contribution in [3.05, 3.63) is 223 Å². The van der Waals surface area contributed by atoms with Gasteiger partial charge in [0.15, 0.2) is 0 Å². The Morgan fingerprint density at radius 1 is 0.325 bits per heavy atom. The van der Waals surface area contributed by atoms with Gasteiger partial charge >= 0.3 is 21.1 Å². The highest BCUT2D eigenvalue weighted by molar-refractivity contribution is 9.10. The molecule has 0 unspecified atom stereocenters. The highest BCUT2D eigenvalue weighted by Crippen LogP contribution is 2.44. The van der Waals surface area contributed by atoms with Crippen molar-refractivity contribution in [3.63, 3.8) is 0 Å². The van der Waals surface area contributed by atoms with Crippen LogP contribution in [0.3, 0.4) is 0 Å². The molecule has 3 fully saturated rings. The zero-order valence-corrected chi connectivity index (χ0v) is 50.8. The summed E-state index contributed by atoms with van der Waals surface area (Å²) in [5.74, 6) is 0. The summed E-state index contributed by atoms with van der Waals surface area (Å²) in [4.78, 5) is 0. The van der Waals surface area contributed by atoms with Crippen LogP contribution in [0.1, 0.15) is 90.5 Å². The van der Waals surface area contributed by atoms with Crippen LogP contribution in [0.4, 0.5) is 0 Å². The molecule has 0 radical (unpaired) electrons. The van der Waals surface area contributed by atoms with Crippen molar-refractivity contribution < 1.29 is 27.9 Å². The zero-order chi connectivity index (χ0) is 57.8. The summed E-state index contributed by atoms with van der Waals surface area (Å²) >= 11 is 3.62. The first-order chi connectivity index (χ1) is 39.0. The van der Waals surface area contributed by atoms with Gasteiger partial charge in [-0.2, -0.15) is 0 Å². The Balaban J connectivity index is 0.000000146. The number of aromatic nitrogens is 2. The molecule has 12 heteroatoms. The zero-order valence-electron chi connectivity index (χ0n) is 49.2. The van der Waals surface area contributed by atoms with E-state index < -0.39 is 21.1 Å². The normalized spacial score (nSPS) is 17.8. The van der Waals surface area contributed by atoms with Crippen molar-refractivity contribution in [3.8, 4) is 55.9 Å². The predicted molar refractivity (Wildman–Crippen MR) is 351 cm³/mol. The fourth-order valence-corrected chi connectivity index (χ4v) is 11.0. The van der Waals surface area contributed by atoms with Crippen molar-refractivity contribution in [1.29, 1.82) is 0 Å². The van der Waals surface area contributed by atoms with Gasteiger partial charge in [-0.1, -0.05) is 169 Å². The molecule has 0 bridgehead atoms. The number of hydrogen-bond acceptors (Lipinski definition) is 6. The molecule has 13 rings (SSSR count). The quantitative estimate of drug-likeness (QED) is 0.141. The molecule has 0 aliphatic carbocycles. The van der Waals surface area contributed by atoms with Gasteiger partial charge < -0.3 is 37.1 Å². The number of rotatable bonds is 8. The third-order valence-electron chi connectivity index (χ3n) is 17.5. The first-order valence-corrected chi connectivity index (χ1v) is 29.2. The maximum atomic E-state index is 6.35. The van der Waals surface area contributed by atoms with E-state index in [9.17, 15) is 0 Å². The fraction of sp³-hybridized carbons (Fsp3) is 0.268. The van der Waals surface area contributed by atoms with Crippen molar-refractivity contribution in [1.82, 2.24) is 9.13 Å². The van der Waals surface area contributed by atoms with E-state index in [0.717, 1.165) is 21.2 Å². The van der Waals surface area contributed by atoms with Gasteiger partial charge in [0.2, 0.25) is 0 Å². The second-order valence-corrected chi connectivity index (χ2v) is 25.6. The first-order valence-electron chi connectivity index (χ1n) is 28.4. The van der Waals surface area contributed by atoms with E-state index in [0.29, 0.717) is 0 Å². The molecule has 3 aliphatic heterocycles. The lowest BCUT2D eigenvalue weighted by Gasteiger charge is -2.32.